The van der Waals surface area contributed by atoms with E-state index < -0.39 is 11.7 Å². The van der Waals surface area contributed by atoms with Crippen LogP contribution in [0.15, 0.2) is 18.2 Å². The van der Waals surface area contributed by atoms with Crippen molar-refractivity contribution in [3.63, 3.8) is 0 Å². The number of rotatable bonds is 5. The van der Waals surface area contributed by atoms with Gasteiger partial charge in [-0.1, -0.05) is 0 Å². The second kappa shape index (κ2) is 9.47. The first-order chi connectivity index (χ1) is 16.1. The lowest BCUT2D eigenvalue weighted by atomic mass is 9.78. The van der Waals surface area contributed by atoms with Crippen LogP contribution >= 0.6 is 0 Å². The second-order valence-electron chi connectivity index (χ2n) is 10.1. The van der Waals surface area contributed by atoms with Crippen LogP contribution in [0, 0.1) is 35.0 Å². The standard InChI is InChI=1S/C25H31F3N4O2/c1-30(2)24(34)21-15-32(23(33)11-16-3-4-16)14-20(21)17-7-9-31(10-8-17)19-6-5-18(13-29)22(12-19)25(26,27)28/h5-6,12,16-17,20-21H,3-4,7-11,14-15H2,1-2H3/t20-,21+/m0/s1. The number of carbonyl (C=O) groups is 2. The van der Waals surface area contributed by atoms with E-state index >= 15 is 0 Å². The van der Waals surface area contributed by atoms with E-state index in [0.717, 1.165) is 31.7 Å². The normalized spacial score (nSPS) is 23.6. The molecule has 0 bridgehead atoms. The number of benzene rings is 1. The fourth-order valence-corrected chi connectivity index (χ4v) is 5.45. The molecule has 6 nitrogen and oxygen atoms in total. The lowest BCUT2D eigenvalue weighted by Crippen LogP contribution is -2.41. The summed E-state index contributed by atoms with van der Waals surface area (Å²) in [7, 11) is 3.47. The molecule has 2 atom stereocenters. The number of alkyl halides is 3. The van der Waals surface area contributed by atoms with Crippen LogP contribution in [-0.4, -0.2) is 61.9 Å². The van der Waals surface area contributed by atoms with Crippen LogP contribution in [0.4, 0.5) is 18.9 Å². The van der Waals surface area contributed by atoms with E-state index in [9.17, 15) is 22.8 Å². The molecule has 3 fully saturated rings. The largest absolute Gasteiger partial charge is 0.417 e. The third kappa shape index (κ3) is 5.16. The molecule has 1 aromatic rings. The van der Waals surface area contributed by atoms with Crippen molar-refractivity contribution in [3.05, 3.63) is 29.3 Å². The molecule has 34 heavy (non-hydrogen) atoms. The van der Waals surface area contributed by atoms with E-state index in [1.165, 1.54) is 6.07 Å². The number of anilines is 1. The molecule has 1 saturated carbocycles. The van der Waals surface area contributed by atoms with Gasteiger partial charge in [0.1, 0.15) is 0 Å². The molecule has 0 N–H and O–H groups in total. The summed E-state index contributed by atoms with van der Waals surface area (Å²) in [5, 5.41) is 9.04. The quantitative estimate of drug-likeness (QED) is 0.649. The Morgan fingerprint density at radius 3 is 2.35 bits per heavy atom. The molecule has 0 spiro atoms. The van der Waals surface area contributed by atoms with Gasteiger partial charge in [-0.25, -0.2) is 0 Å². The monoisotopic (exact) mass is 476 g/mol. The number of carbonyl (C=O) groups excluding carboxylic acids is 2. The minimum Gasteiger partial charge on any atom is -0.372 e. The molecular formula is C25H31F3N4O2. The summed E-state index contributed by atoms with van der Waals surface area (Å²) in [4.78, 5) is 31.0. The first-order valence-electron chi connectivity index (χ1n) is 11.9. The van der Waals surface area contributed by atoms with Crippen LogP contribution in [0.5, 0.6) is 0 Å². The second-order valence-corrected chi connectivity index (χ2v) is 10.1. The minimum absolute atomic E-state index is 0.0380. The number of nitrogens with zero attached hydrogens (tertiary/aromatic N) is 4. The van der Waals surface area contributed by atoms with Crippen molar-refractivity contribution in [2.24, 2.45) is 23.7 Å². The molecule has 2 amide bonds. The molecule has 2 saturated heterocycles. The first-order valence-corrected chi connectivity index (χ1v) is 11.9. The molecule has 2 heterocycles. The summed E-state index contributed by atoms with van der Waals surface area (Å²) in [6, 6.07) is 5.49. The van der Waals surface area contributed by atoms with Gasteiger partial charge in [0, 0.05) is 52.4 Å². The average Bonchev–Trinajstić information content (AvgIpc) is 3.51. The minimum atomic E-state index is -4.58. The molecule has 0 unspecified atom stereocenters. The van der Waals surface area contributed by atoms with Crippen molar-refractivity contribution in [1.82, 2.24) is 9.80 Å². The Bertz CT molecular complexity index is 975. The van der Waals surface area contributed by atoms with Crippen molar-refractivity contribution in [1.29, 1.82) is 5.26 Å². The zero-order valence-electron chi connectivity index (χ0n) is 19.6. The topological polar surface area (TPSA) is 67.7 Å². The first kappa shape index (κ1) is 24.4. The van der Waals surface area contributed by atoms with Crippen LogP contribution in [0.2, 0.25) is 0 Å². The third-order valence-corrected chi connectivity index (χ3v) is 7.58. The van der Waals surface area contributed by atoms with Crippen molar-refractivity contribution in [2.75, 3.05) is 45.2 Å². The van der Waals surface area contributed by atoms with Gasteiger partial charge < -0.3 is 14.7 Å². The Hall–Kier alpha value is -2.76. The van der Waals surface area contributed by atoms with Crippen LogP contribution in [0.25, 0.3) is 0 Å². The summed E-state index contributed by atoms with van der Waals surface area (Å²) in [5.41, 5.74) is -0.830. The molecule has 0 radical (unpaired) electrons. The predicted molar refractivity (Wildman–Crippen MR) is 121 cm³/mol. The van der Waals surface area contributed by atoms with E-state index in [4.69, 9.17) is 5.26 Å². The Balaban J connectivity index is 1.45. The third-order valence-electron chi connectivity index (χ3n) is 7.58. The number of piperidine rings is 1. The van der Waals surface area contributed by atoms with Crippen LogP contribution in [0.3, 0.4) is 0 Å². The van der Waals surface area contributed by atoms with Gasteiger partial charge in [0.15, 0.2) is 0 Å². The van der Waals surface area contributed by atoms with E-state index in [-0.39, 0.29) is 35.1 Å². The Labute approximate surface area is 198 Å². The highest BCUT2D eigenvalue weighted by Crippen LogP contribution is 2.40. The van der Waals surface area contributed by atoms with Gasteiger partial charge in [-0.15, -0.1) is 0 Å². The summed E-state index contributed by atoms with van der Waals surface area (Å²) >= 11 is 0. The van der Waals surface area contributed by atoms with Gasteiger partial charge in [-0.2, -0.15) is 18.4 Å². The van der Waals surface area contributed by atoms with Crippen LogP contribution in [0.1, 0.15) is 43.2 Å². The van der Waals surface area contributed by atoms with E-state index in [1.54, 1.807) is 31.1 Å². The van der Waals surface area contributed by atoms with E-state index in [2.05, 4.69) is 0 Å². The SMILES string of the molecule is CN(C)C(=O)[C@@H]1CN(C(=O)CC2CC2)C[C@H]1C1CCN(c2ccc(C#N)c(C(F)(F)F)c2)CC1. The van der Waals surface area contributed by atoms with Crippen molar-refractivity contribution in [3.8, 4) is 6.07 Å². The Morgan fingerprint density at radius 2 is 1.79 bits per heavy atom. The summed E-state index contributed by atoms with van der Waals surface area (Å²) < 4.78 is 40.1. The molecule has 9 heteroatoms. The maximum atomic E-state index is 13.4. The highest BCUT2D eigenvalue weighted by molar-refractivity contribution is 5.82. The zero-order valence-corrected chi connectivity index (χ0v) is 19.6. The number of hydrogen-bond donors (Lipinski definition) is 0. The lowest BCUT2D eigenvalue weighted by molar-refractivity contribution is -0.138. The van der Waals surface area contributed by atoms with Gasteiger partial charge in [-0.05, 0) is 61.6 Å². The smallest absolute Gasteiger partial charge is 0.372 e. The van der Waals surface area contributed by atoms with Gasteiger partial charge >= 0.3 is 6.18 Å². The summed E-state index contributed by atoms with van der Waals surface area (Å²) in [5.74, 6) is 0.719. The Morgan fingerprint density at radius 1 is 1.12 bits per heavy atom. The van der Waals surface area contributed by atoms with Crippen molar-refractivity contribution >= 4 is 17.5 Å². The fraction of sp³-hybridized carbons (Fsp3) is 0.640. The van der Waals surface area contributed by atoms with E-state index in [0.29, 0.717) is 44.2 Å². The molecular weight excluding hydrogens is 445 g/mol. The highest BCUT2D eigenvalue weighted by atomic mass is 19.4. The van der Waals surface area contributed by atoms with Gasteiger partial charge in [0.2, 0.25) is 11.8 Å². The average molecular weight is 477 g/mol. The fourth-order valence-electron chi connectivity index (χ4n) is 5.45. The molecule has 3 aliphatic rings. The molecule has 4 rings (SSSR count). The number of likely N-dealkylation sites (tertiary alicyclic amines) is 1. The maximum Gasteiger partial charge on any atom is 0.417 e. The van der Waals surface area contributed by atoms with Crippen molar-refractivity contribution in [2.45, 2.75) is 38.3 Å². The number of amides is 2. The zero-order chi connectivity index (χ0) is 24.6. The van der Waals surface area contributed by atoms with Gasteiger partial charge in [-0.3, -0.25) is 9.59 Å². The van der Waals surface area contributed by atoms with Crippen molar-refractivity contribution < 1.29 is 22.8 Å². The molecule has 1 aromatic carbocycles. The lowest BCUT2D eigenvalue weighted by Gasteiger charge is -2.38. The Kier molecular flexibility index (Phi) is 6.79. The summed E-state index contributed by atoms with van der Waals surface area (Å²) in [6.07, 6.45) is -0.324. The molecule has 0 aromatic heterocycles. The van der Waals surface area contributed by atoms with Gasteiger partial charge in [0.25, 0.3) is 0 Å². The highest BCUT2D eigenvalue weighted by Gasteiger charge is 2.45. The number of nitriles is 1. The van der Waals surface area contributed by atoms with Crippen LogP contribution in [-0.2, 0) is 15.8 Å². The van der Waals surface area contributed by atoms with Crippen LogP contribution < -0.4 is 4.90 Å². The van der Waals surface area contributed by atoms with Gasteiger partial charge in [0.05, 0.1) is 23.1 Å². The summed E-state index contributed by atoms with van der Waals surface area (Å²) in [6.45, 7) is 2.18. The molecule has 2 aliphatic heterocycles. The molecule has 1 aliphatic carbocycles. The number of halogens is 3. The van der Waals surface area contributed by atoms with E-state index in [1.807, 2.05) is 9.80 Å². The maximum absolute atomic E-state index is 13.4. The molecule has 184 valence electrons. The predicted octanol–water partition coefficient (Wildman–Crippen LogP) is 3.76. The number of hydrogen-bond acceptors (Lipinski definition) is 4.